The Morgan fingerprint density at radius 2 is 1.85 bits per heavy atom. The van der Waals surface area contributed by atoms with Crippen molar-refractivity contribution in [1.82, 2.24) is 4.72 Å². The lowest BCUT2D eigenvalue weighted by atomic mass is 10.2. The van der Waals surface area contributed by atoms with Gasteiger partial charge in [-0.2, -0.15) is 0 Å². The fourth-order valence-electron chi connectivity index (χ4n) is 1.70. The van der Waals surface area contributed by atoms with Gasteiger partial charge in [-0.1, -0.05) is 12.1 Å². The first-order valence-electron chi connectivity index (χ1n) is 5.78. The Hall–Kier alpha value is -1.32. The van der Waals surface area contributed by atoms with Gasteiger partial charge in [0.05, 0.1) is 11.4 Å². The van der Waals surface area contributed by atoms with Crippen LogP contribution in [0.1, 0.15) is 0 Å². The summed E-state index contributed by atoms with van der Waals surface area (Å²) < 4.78 is 26.8. The zero-order valence-electron chi connectivity index (χ0n) is 10.7. The van der Waals surface area contributed by atoms with Crippen molar-refractivity contribution < 1.29 is 8.42 Å². The Labute approximate surface area is 131 Å². The molecule has 0 bridgehead atoms. The molecule has 0 aromatic heterocycles. The summed E-state index contributed by atoms with van der Waals surface area (Å²) in [5, 5.41) is 3.21. The van der Waals surface area contributed by atoms with Crippen LogP contribution in [-0.4, -0.2) is 15.5 Å². The fourth-order valence-corrected chi connectivity index (χ4v) is 3.06. The lowest BCUT2D eigenvalue weighted by Crippen LogP contribution is -2.19. The highest BCUT2D eigenvalue weighted by atomic mass is 127. The number of para-hydroxylation sites is 1. The standard InChI is InChI=1S/C13H14IN3O2S/c1-16-20(18,19)13-7-6-9(8-11(13)15)17-12-5-3-2-4-10(12)14/h2-8,16-17H,15H2,1H3. The second-order valence-corrected chi connectivity index (χ2v) is 7.08. The zero-order chi connectivity index (χ0) is 14.8. The third-order valence-corrected chi connectivity index (χ3v) is 5.15. The molecule has 20 heavy (non-hydrogen) atoms. The predicted octanol–water partition coefficient (Wildman–Crippen LogP) is 2.53. The molecule has 0 radical (unpaired) electrons. The van der Waals surface area contributed by atoms with Gasteiger partial charge in [0, 0.05) is 9.26 Å². The number of nitrogens with two attached hydrogens (primary N) is 1. The number of anilines is 3. The maximum Gasteiger partial charge on any atom is 0.242 e. The maximum absolute atomic E-state index is 11.7. The van der Waals surface area contributed by atoms with E-state index in [1.807, 2.05) is 24.3 Å². The van der Waals surface area contributed by atoms with E-state index >= 15 is 0 Å². The van der Waals surface area contributed by atoms with Crippen molar-refractivity contribution in [1.29, 1.82) is 0 Å². The Balaban J connectivity index is 2.33. The van der Waals surface area contributed by atoms with Gasteiger partial charge >= 0.3 is 0 Å². The number of nitrogens with one attached hydrogen (secondary N) is 2. The molecule has 2 aromatic carbocycles. The van der Waals surface area contributed by atoms with Crippen LogP contribution in [0.15, 0.2) is 47.4 Å². The van der Waals surface area contributed by atoms with Crippen molar-refractivity contribution in [2.75, 3.05) is 18.1 Å². The molecule has 7 heteroatoms. The van der Waals surface area contributed by atoms with E-state index in [2.05, 4.69) is 32.6 Å². The molecule has 0 aliphatic rings. The Morgan fingerprint density at radius 1 is 1.15 bits per heavy atom. The van der Waals surface area contributed by atoms with Gasteiger partial charge in [-0.3, -0.25) is 0 Å². The largest absolute Gasteiger partial charge is 0.398 e. The summed E-state index contributed by atoms with van der Waals surface area (Å²) in [4.78, 5) is 0.0771. The van der Waals surface area contributed by atoms with Crippen LogP contribution in [-0.2, 0) is 10.0 Å². The van der Waals surface area contributed by atoms with E-state index in [1.54, 1.807) is 12.1 Å². The van der Waals surface area contributed by atoms with Crippen LogP contribution < -0.4 is 15.8 Å². The fraction of sp³-hybridized carbons (Fsp3) is 0.0769. The molecular weight excluding hydrogens is 389 g/mol. The number of nitrogen functional groups attached to an aromatic ring is 1. The second kappa shape index (κ2) is 5.98. The number of halogens is 1. The number of hydrogen-bond acceptors (Lipinski definition) is 4. The van der Waals surface area contributed by atoms with Gasteiger partial charge in [0.15, 0.2) is 0 Å². The van der Waals surface area contributed by atoms with Crippen LogP contribution in [0.2, 0.25) is 0 Å². The molecule has 0 atom stereocenters. The predicted molar refractivity (Wildman–Crippen MR) is 89.5 cm³/mol. The summed E-state index contributed by atoms with van der Waals surface area (Å²) in [7, 11) is -2.18. The van der Waals surface area contributed by atoms with Gasteiger partial charge in [-0.25, -0.2) is 13.1 Å². The molecule has 0 saturated carbocycles. The van der Waals surface area contributed by atoms with E-state index in [9.17, 15) is 8.42 Å². The molecule has 5 nitrogen and oxygen atoms in total. The third kappa shape index (κ3) is 3.22. The first kappa shape index (κ1) is 15.1. The van der Waals surface area contributed by atoms with Crippen molar-refractivity contribution in [2.24, 2.45) is 0 Å². The lowest BCUT2D eigenvalue weighted by molar-refractivity contribution is 0.588. The van der Waals surface area contributed by atoms with Crippen molar-refractivity contribution in [2.45, 2.75) is 4.90 Å². The average molecular weight is 403 g/mol. The summed E-state index contributed by atoms with van der Waals surface area (Å²) in [6.07, 6.45) is 0. The Morgan fingerprint density at radius 3 is 2.45 bits per heavy atom. The van der Waals surface area contributed by atoms with Crippen LogP contribution in [0.5, 0.6) is 0 Å². The summed E-state index contributed by atoms with van der Waals surface area (Å²) in [6.45, 7) is 0. The Kier molecular flexibility index (Phi) is 4.51. The van der Waals surface area contributed by atoms with Gasteiger partial charge in [-0.15, -0.1) is 0 Å². The van der Waals surface area contributed by atoms with Gasteiger partial charge in [0.1, 0.15) is 4.90 Å². The number of benzene rings is 2. The van der Waals surface area contributed by atoms with Crippen molar-refractivity contribution >= 4 is 49.7 Å². The first-order valence-corrected chi connectivity index (χ1v) is 8.35. The van der Waals surface area contributed by atoms with Gasteiger partial charge in [0.25, 0.3) is 0 Å². The summed E-state index contributed by atoms with van der Waals surface area (Å²) in [5.41, 5.74) is 7.70. The SMILES string of the molecule is CNS(=O)(=O)c1ccc(Nc2ccccc2I)cc1N. The lowest BCUT2D eigenvalue weighted by Gasteiger charge is -2.11. The van der Waals surface area contributed by atoms with E-state index < -0.39 is 10.0 Å². The molecule has 0 aliphatic heterocycles. The van der Waals surface area contributed by atoms with Crippen LogP contribution in [0.4, 0.5) is 17.1 Å². The highest BCUT2D eigenvalue weighted by molar-refractivity contribution is 14.1. The van der Waals surface area contributed by atoms with Crippen molar-refractivity contribution in [3.05, 3.63) is 46.0 Å². The van der Waals surface area contributed by atoms with E-state index in [1.165, 1.54) is 13.1 Å². The molecule has 0 amide bonds. The van der Waals surface area contributed by atoms with Crippen LogP contribution in [0, 0.1) is 3.57 Å². The average Bonchev–Trinajstić information content (AvgIpc) is 2.41. The molecule has 2 aromatic rings. The molecule has 0 aliphatic carbocycles. The molecule has 0 heterocycles. The van der Waals surface area contributed by atoms with Gasteiger partial charge in [0.2, 0.25) is 10.0 Å². The highest BCUT2D eigenvalue weighted by Crippen LogP contribution is 2.26. The van der Waals surface area contributed by atoms with Crippen LogP contribution >= 0.6 is 22.6 Å². The third-order valence-electron chi connectivity index (χ3n) is 2.72. The minimum atomic E-state index is -3.53. The summed E-state index contributed by atoms with van der Waals surface area (Å²) >= 11 is 2.22. The molecule has 2 rings (SSSR count). The maximum atomic E-state index is 11.7. The first-order chi connectivity index (χ1) is 9.44. The molecule has 4 N–H and O–H groups in total. The van der Waals surface area contributed by atoms with E-state index in [0.717, 1.165) is 14.9 Å². The van der Waals surface area contributed by atoms with E-state index in [0.29, 0.717) is 0 Å². The second-order valence-electron chi connectivity index (χ2n) is 4.07. The molecular formula is C13H14IN3O2S. The number of sulfonamides is 1. The van der Waals surface area contributed by atoms with Crippen molar-refractivity contribution in [3.63, 3.8) is 0 Å². The van der Waals surface area contributed by atoms with E-state index in [-0.39, 0.29) is 10.6 Å². The molecule has 0 spiro atoms. The zero-order valence-corrected chi connectivity index (χ0v) is 13.7. The minimum absolute atomic E-state index is 0.0771. The van der Waals surface area contributed by atoms with Crippen molar-refractivity contribution in [3.8, 4) is 0 Å². The minimum Gasteiger partial charge on any atom is -0.398 e. The normalized spacial score (nSPS) is 11.3. The van der Waals surface area contributed by atoms with Gasteiger partial charge < -0.3 is 11.1 Å². The topological polar surface area (TPSA) is 84.2 Å². The number of hydrogen-bond donors (Lipinski definition) is 3. The van der Waals surface area contributed by atoms with Crippen LogP contribution in [0.3, 0.4) is 0 Å². The molecule has 0 unspecified atom stereocenters. The highest BCUT2D eigenvalue weighted by Gasteiger charge is 2.15. The monoisotopic (exact) mass is 403 g/mol. The van der Waals surface area contributed by atoms with E-state index in [4.69, 9.17) is 5.73 Å². The number of rotatable bonds is 4. The molecule has 0 saturated heterocycles. The van der Waals surface area contributed by atoms with Gasteiger partial charge in [-0.05, 0) is 60.0 Å². The molecule has 0 fully saturated rings. The molecule has 106 valence electrons. The summed E-state index contributed by atoms with van der Waals surface area (Å²) in [5.74, 6) is 0. The summed E-state index contributed by atoms with van der Waals surface area (Å²) in [6, 6.07) is 12.6. The Bertz CT molecular complexity index is 732. The van der Waals surface area contributed by atoms with Crippen LogP contribution in [0.25, 0.3) is 0 Å². The smallest absolute Gasteiger partial charge is 0.242 e. The quantitative estimate of drug-likeness (QED) is 0.541.